The van der Waals surface area contributed by atoms with Crippen LogP contribution in [0.2, 0.25) is 0 Å². The van der Waals surface area contributed by atoms with Crippen molar-refractivity contribution in [1.82, 2.24) is 10.6 Å². The predicted octanol–water partition coefficient (Wildman–Crippen LogP) is 4.35. The summed E-state index contributed by atoms with van der Waals surface area (Å²) in [7, 11) is 0. The van der Waals surface area contributed by atoms with Crippen molar-refractivity contribution in [3.63, 3.8) is 0 Å². The Morgan fingerprint density at radius 3 is 2.28 bits per heavy atom. The molecule has 2 rings (SSSR count). The van der Waals surface area contributed by atoms with Crippen LogP contribution in [0, 0.1) is 7.14 Å². The van der Waals surface area contributed by atoms with Crippen LogP contribution in [0.15, 0.2) is 42.5 Å². The molecule has 8 heteroatoms. The van der Waals surface area contributed by atoms with Gasteiger partial charge in [0.15, 0.2) is 0 Å². The molecular weight excluding hydrogens is 598 g/mol. The number of halogens is 2. The van der Waals surface area contributed by atoms with Gasteiger partial charge >= 0.3 is 6.09 Å². The Morgan fingerprint density at radius 2 is 1.69 bits per heavy atom. The highest BCUT2D eigenvalue weighted by atomic mass is 127. The summed E-state index contributed by atoms with van der Waals surface area (Å²) >= 11 is 4.09. The Bertz CT molecular complexity index is 823. The standard InChI is InChI=1S/C21H24I2N2O4/c1-3-13(2)24-20(27)18(11-15-9-16(22)19(26)17(23)10-15)25-21(28)29-12-14-7-5-4-6-8-14/h4-10,13,18,26H,3,11-12H2,1-2H3,(H,24,27)(H,25,28)/t13-,18-/m1/s1. The molecule has 0 radical (unpaired) electrons. The van der Waals surface area contributed by atoms with E-state index in [4.69, 9.17) is 4.74 Å². The van der Waals surface area contributed by atoms with Crippen molar-refractivity contribution in [2.45, 2.75) is 45.4 Å². The van der Waals surface area contributed by atoms with Crippen LogP contribution in [0.4, 0.5) is 4.79 Å². The minimum absolute atomic E-state index is 0.00720. The number of hydrogen-bond donors (Lipinski definition) is 3. The average Bonchev–Trinajstić information content (AvgIpc) is 2.70. The first-order valence-corrected chi connectivity index (χ1v) is 11.4. The van der Waals surface area contributed by atoms with Crippen LogP contribution in [-0.2, 0) is 22.6 Å². The number of amides is 2. The zero-order valence-electron chi connectivity index (χ0n) is 16.2. The molecule has 0 heterocycles. The second kappa shape index (κ2) is 11.6. The number of hydrogen-bond acceptors (Lipinski definition) is 4. The molecule has 0 aliphatic heterocycles. The van der Waals surface area contributed by atoms with Gasteiger partial charge in [-0.3, -0.25) is 4.79 Å². The highest BCUT2D eigenvalue weighted by molar-refractivity contribution is 14.1. The quantitative estimate of drug-likeness (QED) is 0.383. The lowest BCUT2D eigenvalue weighted by Crippen LogP contribution is -2.50. The fourth-order valence-electron chi connectivity index (χ4n) is 2.53. The van der Waals surface area contributed by atoms with Crippen LogP contribution in [0.5, 0.6) is 5.75 Å². The molecule has 6 nitrogen and oxygen atoms in total. The monoisotopic (exact) mass is 622 g/mol. The molecule has 2 aromatic carbocycles. The molecule has 0 unspecified atom stereocenters. The first-order chi connectivity index (χ1) is 13.8. The maximum absolute atomic E-state index is 12.7. The third-order valence-corrected chi connectivity index (χ3v) is 5.98. The zero-order chi connectivity index (χ0) is 21.4. The van der Waals surface area contributed by atoms with Gasteiger partial charge in [-0.15, -0.1) is 0 Å². The second-order valence-corrected chi connectivity index (χ2v) is 9.01. The summed E-state index contributed by atoms with van der Waals surface area (Å²) in [6.07, 6.45) is 0.419. The van der Waals surface area contributed by atoms with E-state index in [0.717, 1.165) is 17.5 Å². The Kier molecular flexibility index (Phi) is 9.47. The molecule has 29 heavy (non-hydrogen) atoms. The number of alkyl carbamates (subject to hydrolysis) is 1. The smallest absolute Gasteiger partial charge is 0.408 e. The summed E-state index contributed by atoms with van der Waals surface area (Å²) in [5.74, 6) is -0.0557. The first-order valence-electron chi connectivity index (χ1n) is 9.24. The molecule has 2 atom stereocenters. The molecule has 0 spiro atoms. The van der Waals surface area contributed by atoms with E-state index in [2.05, 4.69) is 10.6 Å². The number of carbonyl (C=O) groups is 2. The Balaban J connectivity index is 2.09. The van der Waals surface area contributed by atoms with Gasteiger partial charge < -0.3 is 20.5 Å². The summed E-state index contributed by atoms with van der Waals surface area (Å²) in [5, 5.41) is 15.5. The minimum atomic E-state index is -0.789. The molecule has 156 valence electrons. The van der Waals surface area contributed by atoms with Crippen molar-refractivity contribution >= 4 is 57.2 Å². The van der Waals surface area contributed by atoms with Crippen LogP contribution < -0.4 is 10.6 Å². The molecule has 0 bridgehead atoms. The number of carbonyl (C=O) groups excluding carboxylic acids is 2. The van der Waals surface area contributed by atoms with E-state index >= 15 is 0 Å². The number of benzene rings is 2. The van der Waals surface area contributed by atoms with Crippen LogP contribution in [0.1, 0.15) is 31.4 Å². The van der Waals surface area contributed by atoms with Crippen LogP contribution in [-0.4, -0.2) is 29.2 Å². The van der Waals surface area contributed by atoms with Crippen molar-refractivity contribution in [2.75, 3.05) is 0 Å². The highest BCUT2D eigenvalue weighted by Gasteiger charge is 2.24. The van der Waals surface area contributed by atoms with Gasteiger partial charge in [0.2, 0.25) is 5.91 Å². The Morgan fingerprint density at radius 1 is 1.07 bits per heavy atom. The van der Waals surface area contributed by atoms with Crippen molar-refractivity contribution < 1.29 is 19.4 Å². The maximum Gasteiger partial charge on any atom is 0.408 e. The van der Waals surface area contributed by atoms with Crippen LogP contribution >= 0.6 is 45.2 Å². The van der Waals surface area contributed by atoms with Gasteiger partial charge in [0.1, 0.15) is 18.4 Å². The molecule has 0 saturated heterocycles. The average molecular weight is 622 g/mol. The van der Waals surface area contributed by atoms with Gasteiger partial charge in [-0.2, -0.15) is 0 Å². The second-order valence-electron chi connectivity index (χ2n) is 6.69. The summed E-state index contributed by atoms with van der Waals surface area (Å²) in [4.78, 5) is 25.0. The van der Waals surface area contributed by atoms with Gasteiger partial charge in [0.25, 0.3) is 0 Å². The predicted molar refractivity (Wildman–Crippen MR) is 129 cm³/mol. The lowest BCUT2D eigenvalue weighted by Gasteiger charge is -2.21. The van der Waals surface area contributed by atoms with Gasteiger partial charge in [-0.1, -0.05) is 37.3 Å². The molecule has 0 fully saturated rings. The van der Waals surface area contributed by atoms with E-state index in [0.29, 0.717) is 7.14 Å². The molecule has 2 amide bonds. The fourth-order valence-corrected chi connectivity index (χ4v) is 4.43. The number of nitrogens with one attached hydrogen (secondary N) is 2. The Labute approximate surface area is 198 Å². The lowest BCUT2D eigenvalue weighted by atomic mass is 10.0. The molecular formula is C21H24I2N2O4. The van der Waals surface area contributed by atoms with Crippen molar-refractivity contribution in [3.05, 3.63) is 60.7 Å². The van der Waals surface area contributed by atoms with E-state index in [9.17, 15) is 14.7 Å². The number of aromatic hydroxyl groups is 1. The largest absolute Gasteiger partial charge is 0.506 e. The van der Waals surface area contributed by atoms with Gasteiger partial charge in [-0.05, 0) is 81.8 Å². The molecule has 0 aliphatic carbocycles. The summed E-state index contributed by atoms with van der Waals surface area (Å²) in [6, 6.07) is 12.2. The van der Waals surface area contributed by atoms with E-state index in [1.807, 2.05) is 89.4 Å². The molecule has 0 aromatic heterocycles. The van der Waals surface area contributed by atoms with Crippen molar-refractivity contribution in [2.24, 2.45) is 0 Å². The molecule has 2 aromatic rings. The van der Waals surface area contributed by atoms with E-state index in [-0.39, 0.29) is 30.7 Å². The van der Waals surface area contributed by atoms with E-state index in [1.165, 1.54) is 0 Å². The van der Waals surface area contributed by atoms with Crippen LogP contribution in [0.25, 0.3) is 0 Å². The van der Waals surface area contributed by atoms with Gasteiger partial charge in [-0.25, -0.2) is 4.79 Å². The molecule has 0 aliphatic rings. The SMILES string of the molecule is CC[C@@H](C)NC(=O)[C@@H](Cc1cc(I)c(O)c(I)c1)NC(=O)OCc1ccccc1. The minimum Gasteiger partial charge on any atom is -0.506 e. The lowest BCUT2D eigenvalue weighted by molar-refractivity contribution is -0.123. The van der Waals surface area contributed by atoms with Crippen molar-refractivity contribution in [1.29, 1.82) is 0 Å². The summed E-state index contributed by atoms with van der Waals surface area (Å²) in [6.45, 7) is 4.02. The van der Waals surface area contributed by atoms with E-state index < -0.39 is 12.1 Å². The third-order valence-electron chi connectivity index (χ3n) is 4.34. The number of phenols is 1. The number of ether oxygens (including phenoxy) is 1. The summed E-state index contributed by atoms with van der Waals surface area (Å²) < 4.78 is 6.66. The first kappa shape index (κ1) is 23.7. The zero-order valence-corrected chi connectivity index (χ0v) is 20.6. The van der Waals surface area contributed by atoms with Gasteiger partial charge in [0.05, 0.1) is 7.14 Å². The van der Waals surface area contributed by atoms with Gasteiger partial charge in [0, 0.05) is 12.5 Å². The topological polar surface area (TPSA) is 87.7 Å². The maximum atomic E-state index is 12.7. The third kappa shape index (κ3) is 7.65. The Hall–Kier alpha value is -1.56. The van der Waals surface area contributed by atoms with Crippen molar-refractivity contribution in [3.8, 4) is 5.75 Å². The number of phenolic OH excluding ortho intramolecular Hbond substituents is 1. The molecule has 3 N–H and O–H groups in total. The fraction of sp³-hybridized carbons (Fsp3) is 0.333. The van der Waals surface area contributed by atoms with Crippen LogP contribution in [0.3, 0.4) is 0 Å². The molecule has 0 saturated carbocycles. The normalized spacial score (nSPS) is 12.7. The highest BCUT2D eigenvalue weighted by Crippen LogP contribution is 2.27. The number of rotatable bonds is 8. The summed E-state index contributed by atoms with van der Waals surface area (Å²) in [5.41, 5.74) is 1.70. The van der Waals surface area contributed by atoms with E-state index in [1.54, 1.807) is 12.1 Å².